The number of hydrogen-bond acceptors (Lipinski definition) is 2. The Morgan fingerprint density at radius 2 is 2.16 bits per heavy atom. The second kappa shape index (κ2) is 6.89. The van der Waals surface area contributed by atoms with Crippen molar-refractivity contribution >= 4 is 38.9 Å². The molecule has 102 valence electrons. The van der Waals surface area contributed by atoms with Gasteiger partial charge in [0.2, 0.25) is 0 Å². The molecule has 2 aromatic rings. The summed E-state index contributed by atoms with van der Waals surface area (Å²) in [7, 11) is 0. The van der Waals surface area contributed by atoms with Crippen LogP contribution in [-0.2, 0) is 0 Å². The van der Waals surface area contributed by atoms with Gasteiger partial charge in [0, 0.05) is 14.4 Å². The van der Waals surface area contributed by atoms with Crippen molar-refractivity contribution in [3.05, 3.63) is 55.1 Å². The topological polar surface area (TPSA) is 12.0 Å². The summed E-state index contributed by atoms with van der Waals surface area (Å²) >= 11 is 11.7. The Balaban J connectivity index is 2.39. The van der Waals surface area contributed by atoms with Gasteiger partial charge in [0.15, 0.2) is 0 Å². The minimum Gasteiger partial charge on any atom is -0.306 e. The van der Waals surface area contributed by atoms with Gasteiger partial charge in [-0.25, -0.2) is 0 Å². The smallest absolute Gasteiger partial charge is 0.0600 e. The molecule has 0 saturated carbocycles. The first-order valence-corrected chi connectivity index (χ1v) is 8.40. The lowest BCUT2D eigenvalue weighted by Crippen LogP contribution is -2.23. The van der Waals surface area contributed by atoms with E-state index in [1.165, 1.54) is 10.4 Å². The van der Waals surface area contributed by atoms with E-state index in [9.17, 15) is 0 Å². The molecule has 1 nitrogen and oxygen atoms in total. The molecule has 0 bridgehead atoms. The van der Waals surface area contributed by atoms with E-state index in [0.717, 1.165) is 28.0 Å². The highest BCUT2D eigenvalue weighted by Gasteiger charge is 2.17. The number of thiophene rings is 1. The average Bonchev–Trinajstić information content (AvgIpc) is 2.80. The molecule has 0 amide bonds. The van der Waals surface area contributed by atoms with Gasteiger partial charge in [-0.2, -0.15) is 0 Å². The van der Waals surface area contributed by atoms with Crippen LogP contribution < -0.4 is 5.32 Å². The third-order valence-corrected chi connectivity index (χ3v) is 4.67. The van der Waals surface area contributed by atoms with E-state index < -0.39 is 0 Å². The van der Waals surface area contributed by atoms with Crippen LogP contribution in [0.5, 0.6) is 0 Å². The molecule has 1 unspecified atom stereocenters. The lowest BCUT2D eigenvalue weighted by Gasteiger charge is -2.19. The number of aryl methyl sites for hydroxylation is 1. The van der Waals surface area contributed by atoms with Crippen LogP contribution in [0.25, 0.3) is 0 Å². The third-order valence-electron chi connectivity index (χ3n) is 2.95. The fourth-order valence-electron chi connectivity index (χ4n) is 2.05. The highest BCUT2D eigenvalue weighted by atomic mass is 79.9. The molecule has 1 aromatic carbocycles. The molecular formula is C15H17BrClNS. The lowest BCUT2D eigenvalue weighted by atomic mass is 10.0. The van der Waals surface area contributed by atoms with Crippen LogP contribution >= 0.6 is 38.9 Å². The number of hydrogen-bond donors (Lipinski definition) is 1. The molecule has 0 spiro atoms. The second-order valence-electron chi connectivity index (χ2n) is 4.54. The summed E-state index contributed by atoms with van der Waals surface area (Å²) in [5.41, 5.74) is 2.42. The molecule has 0 fully saturated rings. The molecule has 1 heterocycles. The number of benzene rings is 1. The van der Waals surface area contributed by atoms with Crippen LogP contribution in [-0.4, -0.2) is 6.54 Å². The normalized spacial score (nSPS) is 12.6. The van der Waals surface area contributed by atoms with E-state index in [-0.39, 0.29) is 6.04 Å². The number of rotatable bonds is 5. The van der Waals surface area contributed by atoms with Crippen molar-refractivity contribution in [2.45, 2.75) is 26.3 Å². The minimum atomic E-state index is 0.162. The Labute approximate surface area is 132 Å². The quantitative estimate of drug-likeness (QED) is 0.737. The largest absolute Gasteiger partial charge is 0.306 e. The van der Waals surface area contributed by atoms with Crippen LogP contribution in [0.2, 0.25) is 5.02 Å². The SMILES string of the molecule is CCCNC(c1csc(C)c1)c1cc(Br)ccc1Cl. The minimum absolute atomic E-state index is 0.162. The van der Waals surface area contributed by atoms with Crippen molar-refractivity contribution in [2.75, 3.05) is 6.54 Å². The van der Waals surface area contributed by atoms with Gasteiger partial charge in [0.1, 0.15) is 0 Å². The first-order valence-electron chi connectivity index (χ1n) is 6.35. The van der Waals surface area contributed by atoms with Gasteiger partial charge in [-0.1, -0.05) is 34.5 Å². The van der Waals surface area contributed by atoms with Crippen molar-refractivity contribution in [1.29, 1.82) is 0 Å². The standard InChI is InChI=1S/C15H17BrClNS/c1-3-6-18-15(11-7-10(2)19-9-11)13-8-12(16)4-5-14(13)17/h4-5,7-9,15,18H,3,6H2,1-2H3. The average molecular weight is 359 g/mol. The highest BCUT2D eigenvalue weighted by Crippen LogP contribution is 2.32. The molecule has 1 aromatic heterocycles. The Bertz CT molecular complexity index is 553. The van der Waals surface area contributed by atoms with E-state index in [0.29, 0.717) is 0 Å². The first-order chi connectivity index (χ1) is 9.11. The Morgan fingerprint density at radius 3 is 2.79 bits per heavy atom. The van der Waals surface area contributed by atoms with Gasteiger partial charge in [0.25, 0.3) is 0 Å². The first kappa shape index (κ1) is 15.0. The fourth-order valence-corrected chi connectivity index (χ4v) is 3.38. The number of halogens is 2. The summed E-state index contributed by atoms with van der Waals surface area (Å²) in [6.07, 6.45) is 1.10. The zero-order chi connectivity index (χ0) is 13.8. The third kappa shape index (κ3) is 3.82. The number of nitrogens with one attached hydrogen (secondary N) is 1. The summed E-state index contributed by atoms with van der Waals surface area (Å²) < 4.78 is 1.06. The van der Waals surface area contributed by atoms with Gasteiger partial charge < -0.3 is 5.32 Å². The molecule has 1 N–H and O–H groups in total. The van der Waals surface area contributed by atoms with Crippen LogP contribution in [0.4, 0.5) is 0 Å². The maximum atomic E-state index is 6.37. The van der Waals surface area contributed by atoms with E-state index in [4.69, 9.17) is 11.6 Å². The maximum Gasteiger partial charge on any atom is 0.0600 e. The Morgan fingerprint density at radius 1 is 1.37 bits per heavy atom. The van der Waals surface area contributed by atoms with Crippen LogP contribution in [0.15, 0.2) is 34.1 Å². The molecule has 19 heavy (non-hydrogen) atoms. The Hall–Kier alpha value is -0.350. The molecule has 4 heteroatoms. The fraction of sp³-hybridized carbons (Fsp3) is 0.333. The van der Waals surface area contributed by atoms with E-state index in [1.807, 2.05) is 12.1 Å². The zero-order valence-electron chi connectivity index (χ0n) is 11.0. The predicted molar refractivity (Wildman–Crippen MR) is 88.3 cm³/mol. The maximum absolute atomic E-state index is 6.37. The zero-order valence-corrected chi connectivity index (χ0v) is 14.2. The van der Waals surface area contributed by atoms with Crippen LogP contribution in [0, 0.1) is 6.92 Å². The molecule has 0 radical (unpaired) electrons. The summed E-state index contributed by atoms with van der Waals surface area (Å²) in [4.78, 5) is 1.32. The van der Waals surface area contributed by atoms with Crippen LogP contribution in [0.1, 0.15) is 35.4 Å². The van der Waals surface area contributed by atoms with Crippen molar-refractivity contribution in [1.82, 2.24) is 5.32 Å². The molecule has 0 saturated heterocycles. The van der Waals surface area contributed by atoms with E-state index in [1.54, 1.807) is 11.3 Å². The van der Waals surface area contributed by atoms with E-state index >= 15 is 0 Å². The summed E-state index contributed by atoms with van der Waals surface area (Å²) in [6, 6.07) is 8.41. The van der Waals surface area contributed by atoms with Gasteiger partial charge in [-0.15, -0.1) is 11.3 Å². The van der Waals surface area contributed by atoms with Crippen molar-refractivity contribution in [2.24, 2.45) is 0 Å². The summed E-state index contributed by atoms with van der Waals surface area (Å²) in [5, 5.41) is 6.60. The Kier molecular flexibility index (Phi) is 5.46. The van der Waals surface area contributed by atoms with Crippen molar-refractivity contribution in [3.8, 4) is 0 Å². The predicted octanol–water partition coefficient (Wildman–Crippen LogP) is 5.56. The summed E-state index contributed by atoms with van der Waals surface area (Å²) in [5.74, 6) is 0. The van der Waals surface area contributed by atoms with Gasteiger partial charge in [0.05, 0.1) is 6.04 Å². The highest BCUT2D eigenvalue weighted by molar-refractivity contribution is 9.10. The van der Waals surface area contributed by atoms with Gasteiger partial charge in [-0.05, 0) is 60.7 Å². The lowest BCUT2D eigenvalue weighted by molar-refractivity contribution is 0.600. The van der Waals surface area contributed by atoms with Crippen molar-refractivity contribution < 1.29 is 0 Å². The van der Waals surface area contributed by atoms with E-state index in [2.05, 4.69) is 52.6 Å². The van der Waals surface area contributed by atoms with Crippen molar-refractivity contribution in [3.63, 3.8) is 0 Å². The molecule has 1 atom stereocenters. The summed E-state index contributed by atoms with van der Waals surface area (Å²) in [6.45, 7) is 5.28. The van der Waals surface area contributed by atoms with Crippen LogP contribution in [0.3, 0.4) is 0 Å². The van der Waals surface area contributed by atoms with Gasteiger partial charge in [-0.3, -0.25) is 0 Å². The monoisotopic (exact) mass is 357 g/mol. The molecule has 2 rings (SSSR count). The second-order valence-corrected chi connectivity index (χ2v) is 6.98. The molecule has 0 aliphatic carbocycles. The molecule has 0 aliphatic rings. The molecular weight excluding hydrogens is 342 g/mol. The molecule has 0 aliphatic heterocycles. The van der Waals surface area contributed by atoms with Gasteiger partial charge >= 0.3 is 0 Å².